The number of nitrogens with zero attached hydrogens (tertiary/aromatic N) is 1. The fourth-order valence-corrected chi connectivity index (χ4v) is 1.90. The first-order valence-corrected chi connectivity index (χ1v) is 4.83. The first-order valence-electron chi connectivity index (χ1n) is 4.83. The third-order valence-corrected chi connectivity index (χ3v) is 2.77. The number of rotatable bonds is 1. The molecule has 0 aromatic carbocycles. The molecule has 1 aliphatic carbocycles. The van der Waals surface area contributed by atoms with Crippen LogP contribution in [0.2, 0.25) is 0 Å². The number of nitro groups is 1. The van der Waals surface area contributed by atoms with E-state index in [1.165, 1.54) is 12.8 Å². The van der Waals surface area contributed by atoms with Crippen LogP contribution in [0.1, 0.15) is 45.4 Å². The van der Waals surface area contributed by atoms with Crippen LogP contribution in [0.4, 0.5) is 0 Å². The van der Waals surface area contributed by atoms with Crippen molar-refractivity contribution in [2.75, 3.05) is 0 Å². The summed E-state index contributed by atoms with van der Waals surface area (Å²) in [6.07, 6.45) is 5.99. The maximum absolute atomic E-state index is 10.5. The zero-order valence-corrected chi connectivity index (χ0v) is 7.66. The molecule has 3 nitrogen and oxygen atoms in total. The highest BCUT2D eigenvalue weighted by Gasteiger charge is 2.21. The van der Waals surface area contributed by atoms with Gasteiger partial charge < -0.3 is 0 Å². The third kappa shape index (κ3) is 2.80. The fourth-order valence-electron chi connectivity index (χ4n) is 1.90. The maximum atomic E-state index is 10.5. The minimum Gasteiger partial charge on any atom is -0.264 e. The Hall–Kier alpha value is -0.600. The van der Waals surface area contributed by atoms with E-state index in [4.69, 9.17) is 0 Å². The average molecular weight is 171 g/mol. The van der Waals surface area contributed by atoms with Crippen molar-refractivity contribution >= 4 is 0 Å². The minimum absolute atomic E-state index is 0.101. The van der Waals surface area contributed by atoms with Crippen molar-refractivity contribution in [3.63, 3.8) is 0 Å². The number of hydrogen-bond donors (Lipinski definition) is 0. The van der Waals surface area contributed by atoms with Gasteiger partial charge in [0.2, 0.25) is 6.04 Å². The lowest BCUT2D eigenvalue weighted by atomic mass is 9.90. The second-order valence-electron chi connectivity index (χ2n) is 3.91. The molecule has 0 saturated heterocycles. The Balaban J connectivity index is 2.35. The second-order valence-corrected chi connectivity index (χ2v) is 3.91. The van der Waals surface area contributed by atoms with Gasteiger partial charge in [0.25, 0.3) is 0 Å². The lowest BCUT2D eigenvalue weighted by molar-refractivity contribution is -0.525. The Bertz CT molecular complexity index is 149. The molecule has 70 valence electrons. The fraction of sp³-hybridized carbons (Fsp3) is 1.00. The van der Waals surface area contributed by atoms with Crippen molar-refractivity contribution in [3.05, 3.63) is 10.1 Å². The lowest BCUT2D eigenvalue weighted by Crippen LogP contribution is -2.21. The van der Waals surface area contributed by atoms with Crippen LogP contribution in [0.3, 0.4) is 0 Å². The molecule has 0 unspecified atom stereocenters. The third-order valence-electron chi connectivity index (χ3n) is 2.77. The summed E-state index contributed by atoms with van der Waals surface area (Å²) < 4.78 is 0. The summed E-state index contributed by atoms with van der Waals surface area (Å²) in [4.78, 5) is 10.4. The maximum Gasteiger partial charge on any atom is 0.213 e. The molecule has 0 bridgehead atoms. The molecule has 0 aromatic rings. The summed E-state index contributed by atoms with van der Waals surface area (Å²) in [6.45, 7) is 2.24. The van der Waals surface area contributed by atoms with Crippen molar-refractivity contribution in [3.8, 4) is 0 Å². The summed E-state index contributed by atoms with van der Waals surface area (Å²) >= 11 is 0. The topological polar surface area (TPSA) is 43.1 Å². The minimum atomic E-state index is -0.252. The number of hydrogen-bond acceptors (Lipinski definition) is 2. The van der Waals surface area contributed by atoms with Gasteiger partial charge in [-0.05, 0) is 18.8 Å². The quantitative estimate of drug-likeness (QED) is 0.449. The monoisotopic (exact) mass is 171 g/mol. The van der Waals surface area contributed by atoms with Gasteiger partial charge in [-0.3, -0.25) is 10.1 Å². The van der Waals surface area contributed by atoms with Gasteiger partial charge in [-0.1, -0.05) is 19.8 Å². The van der Waals surface area contributed by atoms with Crippen LogP contribution < -0.4 is 0 Å². The van der Waals surface area contributed by atoms with Crippen LogP contribution in [-0.4, -0.2) is 11.0 Å². The molecular formula is C9H17NO2. The molecule has 0 aliphatic heterocycles. The molecule has 0 heterocycles. The van der Waals surface area contributed by atoms with E-state index in [-0.39, 0.29) is 11.0 Å². The summed E-state index contributed by atoms with van der Waals surface area (Å²) in [7, 11) is 0. The Morgan fingerprint density at radius 1 is 1.17 bits per heavy atom. The van der Waals surface area contributed by atoms with E-state index >= 15 is 0 Å². The largest absolute Gasteiger partial charge is 0.264 e. The molecule has 0 aromatic heterocycles. The van der Waals surface area contributed by atoms with Gasteiger partial charge in [0.05, 0.1) is 0 Å². The van der Waals surface area contributed by atoms with Gasteiger partial charge in [0.1, 0.15) is 0 Å². The van der Waals surface area contributed by atoms with E-state index in [0.717, 1.165) is 31.6 Å². The second kappa shape index (κ2) is 4.43. The Kier molecular flexibility index (Phi) is 3.50. The Morgan fingerprint density at radius 2 is 1.67 bits per heavy atom. The zero-order chi connectivity index (χ0) is 8.97. The molecule has 1 fully saturated rings. The van der Waals surface area contributed by atoms with E-state index in [1.807, 2.05) is 0 Å². The Labute approximate surface area is 73.3 Å². The average Bonchev–Trinajstić information content (AvgIpc) is 1.95. The molecular weight excluding hydrogens is 154 g/mol. The zero-order valence-electron chi connectivity index (χ0n) is 7.66. The predicted molar refractivity (Wildman–Crippen MR) is 47.6 cm³/mol. The van der Waals surface area contributed by atoms with Crippen LogP contribution in [0.25, 0.3) is 0 Å². The van der Waals surface area contributed by atoms with Crippen LogP contribution in [0, 0.1) is 16.0 Å². The lowest BCUT2D eigenvalue weighted by Gasteiger charge is -2.17. The normalized spacial score (nSPS) is 32.1. The SMILES string of the molecule is CC1CCCC([N+](=O)[O-])CCC1. The first-order chi connectivity index (χ1) is 5.70. The van der Waals surface area contributed by atoms with Crippen molar-refractivity contribution in [1.82, 2.24) is 0 Å². The molecule has 12 heavy (non-hydrogen) atoms. The summed E-state index contributed by atoms with van der Waals surface area (Å²) in [6, 6.07) is -0.252. The Morgan fingerprint density at radius 3 is 2.08 bits per heavy atom. The van der Waals surface area contributed by atoms with E-state index in [2.05, 4.69) is 6.92 Å². The van der Waals surface area contributed by atoms with Crippen LogP contribution in [0.5, 0.6) is 0 Å². The smallest absolute Gasteiger partial charge is 0.213 e. The molecule has 0 radical (unpaired) electrons. The van der Waals surface area contributed by atoms with Crippen molar-refractivity contribution in [1.29, 1.82) is 0 Å². The summed E-state index contributed by atoms with van der Waals surface area (Å²) in [5, 5.41) is 10.5. The van der Waals surface area contributed by atoms with Crippen molar-refractivity contribution < 1.29 is 4.92 Å². The van der Waals surface area contributed by atoms with Gasteiger partial charge in [-0.2, -0.15) is 0 Å². The summed E-state index contributed by atoms with van der Waals surface area (Å²) in [5.41, 5.74) is 0. The van der Waals surface area contributed by atoms with E-state index in [1.54, 1.807) is 0 Å². The molecule has 1 rings (SSSR count). The standard InChI is InChI=1S/C9H17NO2/c1-8-4-2-6-9(10(11)12)7-3-5-8/h8-9H,2-7H2,1H3. The summed E-state index contributed by atoms with van der Waals surface area (Å²) in [5.74, 6) is 0.776. The van der Waals surface area contributed by atoms with Gasteiger partial charge in [-0.15, -0.1) is 0 Å². The van der Waals surface area contributed by atoms with Crippen molar-refractivity contribution in [2.45, 2.75) is 51.5 Å². The van der Waals surface area contributed by atoms with Crippen LogP contribution in [0.15, 0.2) is 0 Å². The van der Waals surface area contributed by atoms with Gasteiger partial charge in [0.15, 0.2) is 0 Å². The highest BCUT2D eigenvalue weighted by atomic mass is 16.6. The predicted octanol–water partition coefficient (Wildman–Crippen LogP) is 2.62. The van der Waals surface area contributed by atoms with Crippen LogP contribution >= 0.6 is 0 Å². The molecule has 0 spiro atoms. The molecule has 0 N–H and O–H groups in total. The molecule has 0 amide bonds. The molecule has 0 atom stereocenters. The molecule has 3 heteroatoms. The van der Waals surface area contributed by atoms with Gasteiger partial charge in [0, 0.05) is 17.8 Å². The van der Waals surface area contributed by atoms with Gasteiger partial charge >= 0.3 is 0 Å². The van der Waals surface area contributed by atoms with E-state index in [0.29, 0.717) is 0 Å². The van der Waals surface area contributed by atoms with E-state index in [9.17, 15) is 10.1 Å². The molecule has 1 saturated carbocycles. The van der Waals surface area contributed by atoms with Crippen LogP contribution in [-0.2, 0) is 0 Å². The highest BCUT2D eigenvalue weighted by Crippen LogP contribution is 2.22. The van der Waals surface area contributed by atoms with Crippen molar-refractivity contribution in [2.24, 2.45) is 5.92 Å². The molecule has 1 aliphatic rings. The van der Waals surface area contributed by atoms with Gasteiger partial charge in [-0.25, -0.2) is 0 Å². The van der Waals surface area contributed by atoms with E-state index < -0.39 is 0 Å². The first kappa shape index (κ1) is 9.49. The highest BCUT2D eigenvalue weighted by molar-refractivity contribution is 4.65.